The molecule has 7 heteroatoms. The van der Waals surface area contributed by atoms with Crippen molar-refractivity contribution in [3.05, 3.63) is 47.2 Å². The number of hydrogen-bond acceptors (Lipinski definition) is 4. The summed E-state index contributed by atoms with van der Waals surface area (Å²) >= 11 is 0. The molecule has 0 spiro atoms. The first-order valence-corrected chi connectivity index (χ1v) is 6.91. The van der Waals surface area contributed by atoms with E-state index in [4.69, 9.17) is 5.11 Å². The Labute approximate surface area is 110 Å². The van der Waals surface area contributed by atoms with E-state index in [9.17, 15) is 13.2 Å². The van der Waals surface area contributed by atoms with Crippen LogP contribution in [0.2, 0.25) is 0 Å². The van der Waals surface area contributed by atoms with Crippen LogP contribution in [0.25, 0.3) is 0 Å². The highest BCUT2D eigenvalue weighted by Crippen LogP contribution is 2.13. The molecule has 0 fully saturated rings. The fourth-order valence-electron chi connectivity index (χ4n) is 1.65. The summed E-state index contributed by atoms with van der Waals surface area (Å²) in [7, 11) is -3.96. The van der Waals surface area contributed by atoms with Gasteiger partial charge in [-0.3, -0.25) is 9.52 Å². The maximum Gasteiger partial charge on any atom is 0.342 e. The van der Waals surface area contributed by atoms with Crippen molar-refractivity contribution in [2.24, 2.45) is 4.40 Å². The molecule has 0 bridgehead atoms. The number of Topliss-reactive ketones (excluding diaryl/α,β-unsaturated/α-hetero) is 1. The third kappa shape index (κ3) is 3.07. The summed E-state index contributed by atoms with van der Waals surface area (Å²) in [5.74, 6) is -0.705. The van der Waals surface area contributed by atoms with E-state index in [1.807, 2.05) is 17.7 Å². The minimum absolute atomic E-state index is 0.166. The Morgan fingerprint density at radius 1 is 1.42 bits per heavy atom. The minimum Gasteiger partial charge on any atom is -0.388 e. The van der Waals surface area contributed by atoms with Gasteiger partial charge in [0.15, 0.2) is 0 Å². The largest absolute Gasteiger partial charge is 0.388 e. The van der Waals surface area contributed by atoms with Gasteiger partial charge in [0.25, 0.3) is 0 Å². The van der Waals surface area contributed by atoms with Crippen LogP contribution in [0, 0.1) is 6.92 Å². The molecule has 1 aliphatic rings. The van der Waals surface area contributed by atoms with Crippen molar-refractivity contribution in [2.75, 3.05) is 6.61 Å². The van der Waals surface area contributed by atoms with E-state index in [1.165, 1.54) is 6.08 Å². The van der Waals surface area contributed by atoms with Crippen LogP contribution < -0.4 is 4.72 Å². The second kappa shape index (κ2) is 4.94. The molecule has 2 N–H and O–H groups in total. The van der Waals surface area contributed by atoms with Crippen molar-refractivity contribution in [3.8, 4) is 0 Å². The summed E-state index contributed by atoms with van der Waals surface area (Å²) in [6, 6.07) is 7.09. The predicted octanol–water partition coefficient (Wildman–Crippen LogP) is 0.0774. The third-order valence-electron chi connectivity index (χ3n) is 2.50. The SMILES string of the molecule is Cc1cccc(C2=NS(=O)(=O)NC(C(=O)CO)=C2)c1. The number of carbonyl (C=O) groups excluding carboxylic acids is 1. The molecule has 0 saturated heterocycles. The molecule has 1 aromatic carbocycles. The van der Waals surface area contributed by atoms with E-state index in [-0.39, 0.29) is 11.4 Å². The number of aliphatic hydroxyl groups excluding tert-OH is 1. The molecule has 100 valence electrons. The van der Waals surface area contributed by atoms with Crippen molar-refractivity contribution >= 4 is 21.7 Å². The fourth-order valence-corrected chi connectivity index (χ4v) is 2.56. The van der Waals surface area contributed by atoms with Gasteiger partial charge in [-0.2, -0.15) is 8.42 Å². The van der Waals surface area contributed by atoms with E-state index in [1.54, 1.807) is 18.2 Å². The Morgan fingerprint density at radius 2 is 2.16 bits per heavy atom. The van der Waals surface area contributed by atoms with Gasteiger partial charge in [0, 0.05) is 5.56 Å². The van der Waals surface area contributed by atoms with Crippen molar-refractivity contribution in [1.29, 1.82) is 0 Å². The molecule has 0 aliphatic carbocycles. The van der Waals surface area contributed by atoms with E-state index in [2.05, 4.69) is 4.40 Å². The quantitative estimate of drug-likeness (QED) is 0.819. The van der Waals surface area contributed by atoms with Crippen LogP contribution in [0.5, 0.6) is 0 Å². The molecule has 1 aliphatic heterocycles. The number of rotatable bonds is 3. The Bertz CT molecular complexity index is 689. The number of hydrogen-bond donors (Lipinski definition) is 2. The number of aliphatic hydroxyl groups is 1. The number of aryl methyl sites for hydroxylation is 1. The third-order valence-corrected chi connectivity index (χ3v) is 3.41. The highest BCUT2D eigenvalue weighted by molar-refractivity contribution is 7.88. The van der Waals surface area contributed by atoms with Crippen LogP contribution in [0.15, 0.2) is 40.4 Å². The Kier molecular flexibility index (Phi) is 3.50. The fraction of sp³-hybridized carbons (Fsp3) is 0.167. The molecule has 0 saturated carbocycles. The van der Waals surface area contributed by atoms with Gasteiger partial charge in [-0.1, -0.05) is 23.8 Å². The zero-order valence-electron chi connectivity index (χ0n) is 10.1. The number of nitrogens with one attached hydrogen (secondary N) is 1. The van der Waals surface area contributed by atoms with Gasteiger partial charge in [0.05, 0.1) is 11.4 Å². The molecule has 1 aromatic rings. The Hall–Kier alpha value is -1.99. The molecule has 0 amide bonds. The first kappa shape index (κ1) is 13.4. The van der Waals surface area contributed by atoms with E-state index in [0.717, 1.165) is 5.56 Å². The molecule has 6 nitrogen and oxygen atoms in total. The second-order valence-corrected chi connectivity index (χ2v) is 5.40. The highest BCUT2D eigenvalue weighted by Gasteiger charge is 2.22. The Balaban J connectivity index is 2.52. The average Bonchev–Trinajstić information content (AvgIpc) is 2.36. The van der Waals surface area contributed by atoms with Crippen LogP contribution in [0.3, 0.4) is 0 Å². The lowest BCUT2D eigenvalue weighted by Crippen LogP contribution is -2.32. The predicted molar refractivity (Wildman–Crippen MR) is 69.9 cm³/mol. The first-order valence-electron chi connectivity index (χ1n) is 5.47. The van der Waals surface area contributed by atoms with Crippen molar-refractivity contribution in [1.82, 2.24) is 4.72 Å². The summed E-state index contributed by atoms with van der Waals surface area (Å²) in [6.45, 7) is 1.10. The lowest BCUT2D eigenvalue weighted by Gasteiger charge is -2.14. The molecule has 0 unspecified atom stereocenters. The number of ketones is 1. The standard InChI is InChI=1S/C12H12N2O4S/c1-8-3-2-4-9(5-8)10-6-11(12(16)7-15)14-19(17,18)13-10/h2-6,14-15H,7H2,1H3. The van der Waals surface area contributed by atoms with Gasteiger partial charge in [0.1, 0.15) is 6.61 Å². The zero-order chi connectivity index (χ0) is 14.0. The highest BCUT2D eigenvalue weighted by atomic mass is 32.2. The summed E-state index contributed by atoms with van der Waals surface area (Å²) in [5.41, 5.74) is 1.51. The lowest BCUT2D eigenvalue weighted by atomic mass is 10.1. The Morgan fingerprint density at radius 3 is 2.79 bits per heavy atom. The maximum atomic E-state index is 11.6. The number of nitrogens with zero attached hydrogens (tertiary/aromatic N) is 1. The van der Waals surface area contributed by atoms with Gasteiger partial charge in [-0.25, -0.2) is 0 Å². The van der Waals surface area contributed by atoms with Gasteiger partial charge >= 0.3 is 10.2 Å². The molecule has 19 heavy (non-hydrogen) atoms. The molecular weight excluding hydrogens is 268 g/mol. The van der Waals surface area contributed by atoms with Crippen molar-refractivity contribution < 1.29 is 18.3 Å². The zero-order valence-corrected chi connectivity index (χ0v) is 10.9. The normalized spacial score (nSPS) is 17.2. The van der Waals surface area contributed by atoms with Gasteiger partial charge in [0.2, 0.25) is 5.78 Å². The van der Waals surface area contributed by atoms with Crippen LogP contribution in [-0.4, -0.2) is 31.6 Å². The van der Waals surface area contributed by atoms with Gasteiger partial charge < -0.3 is 5.11 Å². The van der Waals surface area contributed by atoms with Gasteiger partial charge in [-0.05, 0) is 19.1 Å². The van der Waals surface area contributed by atoms with E-state index in [0.29, 0.717) is 5.56 Å². The summed E-state index contributed by atoms with van der Waals surface area (Å²) < 4.78 is 28.7. The molecule has 0 atom stereocenters. The average molecular weight is 280 g/mol. The lowest BCUT2D eigenvalue weighted by molar-refractivity contribution is -0.118. The number of allylic oxidation sites excluding steroid dienone is 1. The first-order chi connectivity index (χ1) is 8.91. The van der Waals surface area contributed by atoms with Crippen molar-refractivity contribution in [3.63, 3.8) is 0 Å². The number of benzene rings is 1. The maximum absolute atomic E-state index is 11.6. The second-order valence-electron chi connectivity index (χ2n) is 4.06. The van der Waals surface area contributed by atoms with Crippen LogP contribution in [-0.2, 0) is 15.0 Å². The van der Waals surface area contributed by atoms with E-state index < -0.39 is 22.6 Å². The van der Waals surface area contributed by atoms with Gasteiger partial charge in [-0.15, -0.1) is 4.40 Å². The monoisotopic (exact) mass is 280 g/mol. The minimum atomic E-state index is -3.96. The summed E-state index contributed by atoms with van der Waals surface area (Å²) in [5, 5.41) is 8.79. The summed E-state index contributed by atoms with van der Waals surface area (Å²) in [4.78, 5) is 11.4. The topological polar surface area (TPSA) is 95.8 Å². The van der Waals surface area contributed by atoms with Crippen LogP contribution in [0.1, 0.15) is 11.1 Å². The van der Waals surface area contributed by atoms with Crippen LogP contribution >= 0.6 is 0 Å². The smallest absolute Gasteiger partial charge is 0.342 e. The van der Waals surface area contributed by atoms with E-state index >= 15 is 0 Å². The van der Waals surface area contributed by atoms with Crippen molar-refractivity contribution in [2.45, 2.75) is 6.92 Å². The molecular formula is C12H12N2O4S. The summed E-state index contributed by atoms with van der Waals surface area (Å²) in [6.07, 6.45) is 1.31. The molecule has 2 rings (SSSR count). The molecule has 0 radical (unpaired) electrons. The number of carbonyl (C=O) groups is 1. The molecule has 0 aromatic heterocycles. The van der Waals surface area contributed by atoms with Crippen LogP contribution in [0.4, 0.5) is 0 Å². The molecule has 1 heterocycles.